The van der Waals surface area contributed by atoms with Crippen LogP contribution < -0.4 is 5.32 Å². The molecule has 1 fully saturated rings. The molecule has 1 aromatic heterocycles. The maximum Gasteiger partial charge on any atom is 0.223 e. The number of hydrogen-bond acceptors (Lipinski definition) is 3. The van der Waals surface area contributed by atoms with Crippen LogP contribution in [0, 0.1) is 0 Å². The average molecular weight is 247 g/mol. The van der Waals surface area contributed by atoms with E-state index >= 15 is 0 Å². The Morgan fingerprint density at radius 3 is 2.83 bits per heavy atom. The van der Waals surface area contributed by atoms with Crippen LogP contribution in [0.15, 0.2) is 24.4 Å². The zero-order valence-corrected chi connectivity index (χ0v) is 10.8. The molecule has 1 amide bonds. The van der Waals surface area contributed by atoms with Gasteiger partial charge >= 0.3 is 0 Å². The number of carbonyl (C=O) groups excluding carboxylic acids is 1. The van der Waals surface area contributed by atoms with Crippen LogP contribution in [0.3, 0.4) is 0 Å². The predicted octanol–water partition coefficient (Wildman–Crippen LogP) is 1.23. The number of pyridine rings is 1. The summed E-state index contributed by atoms with van der Waals surface area (Å²) in [6, 6.07) is 5.95. The zero-order chi connectivity index (χ0) is 12.6. The van der Waals surface area contributed by atoms with Crippen LogP contribution in [0.1, 0.15) is 25.0 Å². The summed E-state index contributed by atoms with van der Waals surface area (Å²) in [7, 11) is 0. The van der Waals surface area contributed by atoms with Crippen molar-refractivity contribution in [3.8, 4) is 0 Å². The van der Waals surface area contributed by atoms with Crippen LogP contribution in [0.5, 0.6) is 0 Å². The molecule has 0 spiro atoms. The van der Waals surface area contributed by atoms with Gasteiger partial charge in [-0.1, -0.05) is 6.07 Å². The molecule has 4 heteroatoms. The van der Waals surface area contributed by atoms with Gasteiger partial charge in [-0.25, -0.2) is 0 Å². The molecule has 0 atom stereocenters. The number of amides is 1. The molecule has 0 saturated carbocycles. The Bertz CT molecular complexity index is 361. The van der Waals surface area contributed by atoms with Crippen molar-refractivity contribution < 1.29 is 4.79 Å². The van der Waals surface area contributed by atoms with Crippen LogP contribution >= 0.6 is 0 Å². The van der Waals surface area contributed by atoms with Gasteiger partial charge in [-0.15, -0.1) is 0 Å². The standard InChI is InChI=1S/C14H21N3O/c18-14(17-11-3-4-12-17)7-10-15-9-6-13-5-1-2-8-16-13/h1-2,5,8,15H,3-4,6-7,9-12H2. The number of hydrogen-bond donors (Lipinski definition) is 1. The number of carbonyl (C=O) groups is 1. The number of nitrogens with one attached hydrogen (secondary N) is 1. The number of likely N-dealkylation sites (tertiary alicyclic amines) is 1. The molecule has 1 saturated heterocycles. The van der Waals surface area contributed by atoms with E-state index in [0.29, 0.717) is 6.42 Å². The highest BCUT2D eigenvalue weighted by Gasteiger charge is 2.16. The van der Waals surface area contributed by atoms with Gasteiger partial charge in [0.1, 0.15) is 0 Å². The monoisotopic (exact) mass is 247 g/mol. The molecule has 2 heterocycles. The first-order valence-corrected chi connectivity index (χ1v) is 6.74. The van der Waals surface area contributed by atoms with Crippen LogP contribution in [0.2, 0.25) is 0 Å². The van der Waals surface area contributed by atoms with E-state index in [4.69, 9.17) is 0 Å². The first-order chi connectivity index (χ1) is 8.86. The molecule has 0 unspecified atom stereocenters. The van der Waals surface area contributed by atoms with Gasteiger partial charge < -0.3 is 10.2 Å². The third kappa shape index (κ3) is 4.11. The summed E-state index contributed by atoms with van der Waals surface area (Å²) in [6.45, 7) is 3.55. The van der Waals surface area contributed by atoms with Crippen molar-refractivity contribution in [3.05, 3.63) is 30.1 Å². The molecular weight excluding hydrogens is 226 g/mol. The van der Waals surface area contributed by atoms with Gasteiger partial charge in [-0.05, 0) is 25.0 Å². The molecule has 2 rings (SSSR count). The average Bonchev–Trinajstić information content (AvgIpc) is 2.93. The summed E-state index contributed by atoms with van der Waals surface area (Å²) >= 11 is 0. The van der Waals surface area contributed by atoms with Crippen molar-refractivity contribution in [3.63, 3.8) is 0 Å². The quantitative estimate of drug-likeness (QED) is 0.769. The Balaban J connectivity index is 1.54. The summed E-state index contributed by atoms with van der Waals surface area (Å²) in [5.41, 5.74) is 1.09. The highest BCUT2D eigenvalue weighted by atomic mass is 16.2. The van der Waals surface area contributed by atoms with Gasteiger partial charge in [0, 0.05) is 50.9 Å². The van der Waals surface area contributed by atoms with Gasteiger partial charge in [0.05, 0.1) is 0 Å². The third-order valence-corrected chi connectivity index (χ3v) is 3.26. The van der Waals surface area contributed by atoms with E-state index in [9.17, 15) is 4.79 Å². The van der Waals surface area contributed by atoms with E-state index in [1.807, 2.05) is 29.3 Å². The van der Waals surface area contributed by atoms with Crippen LogP contribution in [0.4, 0.5) is 0 Å². The molecule has 98 valence electrons. The lowest BCUT2D eigenvalue weighted by Crippen LogP contribution is -2.31. The van der Waals surface area contributed by atoms with Crippen molar-refractivity contribution in [2.24, 2.45) is 0 Å². The SMILES string of the molecule is O=C(CCNCCc1ccccn1)N1CCCC1. The smallest absolute Gasteiger partial charge is 0.223 e. The van der Waals surface area contributed by atoms with E-state index in [-0.39, 0.29) is 5.91 Å². The van der Waals surface area contributed by atoms with Crippen molar-refractivity contribution in [1.82, 2.24) is 15.2 Å². The molecule has 1 aliphatic heterocycles. The van der Waals surface area contributed by atoms with E-state index in [0.717, 1.165) is 38.3 Å². The van der Waals surface area contributed by atoms with E-state index in [1.54, 1.807) is 0 Å². The molecule has 0 radical (unpaired) electrons. The normalized spacial score (nSPS) is 15.0. The Labute approximate surface area is 108 Å². The summed E-state index contributed by atoms with van der Waals surface area (Å²) in [4.78, 5) is 18.0. The summed E-state index contributed by atoms with van der Waals surface area (Å²) in [5, 5.41) is 3.30. The van der Waals surface area contributed by atoms with Crippen LogP contribution in [0.25, 0.3) is 0 Å². The van der Waals surface area contributed by atoms with E-state index in [2.05, 4.69) is 10.3 Å². The summed E-state index contributed by atoms with van der Waals surface area (Å²) in [5.74, 6) is 0.290. The van der Waals surface area contributed by atoms with Gasteiger partial charge in [-0.2, -0.15) is 0 Å². The number of aromatic nitrogens is 1. The number of rotatable bonds is 6. The maximum atomic E-state index is 11.8. The minimum atomic E-state index is 0.290. The van der Waals surface area contributed by atoms with Gasteiger partial charge in [0.2, 0.25) is 5.91 Å². The molecule has 1 aromatic rings. The second-order valence-electron chi connectivity index (χ2n) is 4.66. The van der Waals surface area contributed by atoms with E-state index in [1.165, 1.54) is 12.8 Å². The molecule has 0 bridgehead atoms. The Hall–Kier alpha value is -1.42. The molecule has 1 N–H and O–H groups in total. The highest BCUT2D eigenvalue weighted by Crippen LogP contribution is 2.08. The maximum absolute atomic E-state index is 11.8. The second kappa shape index (κ2) is 7.11. The first kappa shape index (κ1) is 13.0. The molecule has 4 nitrogen and oxygen atoms in total. The molecule has 0 aromatic carbocycles. The van der Waals surface area contributed by atoms with Crippen LogP contribution in [-0.2, 0) is 11.2 Å². The highest BCUT2D eigenvalue weighted by molar-refractivity contribution is 5.76. The molecule has 18 heavy (non-hydrogen) atoms. The first-order valence-electron chi connectivity index (χ1n) is 6.74. The van der Waals surface area contributed by atoms with Crippen molar-refractivity contribution >= 4 is 5.91 Å². The van der Waals surface area contributed by atoms with Crippen molar-refractivity contribution in [1.29, 1.82) is 0 Å². The number of nitrogens with zero attached hydrogens (tertiary/aromatic N) is 2. The fourth-order valence-electron chi connectivity index (χ4n) is 2.21. The predicted molar refractivity (Wildman–Crippen MR) is 71.2 cm³/mol. The lowest BCUT2D eigenvalue weighted by molar-refractivity contribution is -0.130. The third-order valence-electron chi connectivity index (χ3n) is 3.26. The topological polar surface area (TPSA) is 45.2 Å². The molecule has 1 aliphatic rings. The Morgan fingerprint density at radius 2 is 2.11 bits per heavy atom. The molecular formula is C14H21N3O. The minimum absolute atomic E-state index is 0.290. The van der Waals surface area contributed by atoms with Gasteiger partial charge in [-0.3, -0.25) is 9.78 Å². The minimum Gasteiger partial charge on any atom is -0.343 e. The van der Waals surface area contributed by atoms with E-state index < -0.39 is 0 Å². The fourth-order valence-corrected chi connectivity index (χ4v) is 2.21. The van der Waals surface area contributed by atoms with Crippen molar-refractivity contribution in [2.45, 2.75) is 25.7 Å². The summed E-state index contributed by atoms with van der Waals surface area (Å²) in [6.07, 6.45) is 5.67. The van der Waals surface area contributed by atoms with Gasteiger partial charge in [0.25, 0.3) is 0 Å². The lowest BCUT2D eigenvalue weighted by Gasteiger charge is -2.15. The van der Waals surface area contributed by atoms with Gasteiger partial charge in [0.15, 0.2) is 0 Å². The van der Waals surface area contributed by atoms with Crippen molar-refractivity contribution in [2.75, 3.05) is 26.2 Å². The van der Waals surface area contributed by atoms with Crippen LogP contribution in [-0.4, -0.2) is 42.0 Å². The summed E-state index contributed by atoms with van der Waals surface area (Å²) < 4.78 is 0. The largest absolute Gasteiger partial charge is 0.343 e. The lowest BCUT2D eigenvalue weighted by atomic mass is 10.2. The zero-order valence-electron chi connectivity index (χ0n) is 10.8. The fraction of sp³-hybridized carbons (Fsp3) is 0.571. The second-order valence-corrected chi connectivity index (χ2v) is 4.66. The Morgan fingerprint density at radius 1 is 1.28 bits per heavy atom. The Kier molecular flexibility index (Phi) is 5.15. The molecule has 0 aliphatic carbocycles.